The number of aromatic carboxylic acids is 1. The topological polar surface area (TPSA) is 52.6 Å². The van der Waals surface area contributed by atoms with Gasteiger partial charge in [-0.05, 0) is 39.2 Å². The summed E-state index contributed by atoms with van der Waals surface area (Å²) in [4.78, 5) is 13.0. The van der Waals surface area contributed by atoms with Crippen molar-refractivity contribution in [2.45, 2.75) is 19.1 Å². The molecule has 0 aliphatic carbocycles. The predicted molar refractivity (Wildman–Crippen MR) is 70.0 cm³/mol. The summed E-state index contributed by atoms with van der Waals surface area (Å²) >= 11 is 0. The molecule has 0 aromatic heterocycles. The molecule has 0 radical (unpaired) electrons. The predicted octanol–water partition coefficient (Wildman–Crippen LogP) is 2.77. The maximum atomic E-state index is 12.6. The lowest BCUT2D eigenvalue weighted by Crippen LogP contribution is -2.31. The number of benzene rings is 1. The molecular formula is C13H17F3N2O2. The molecule has 1 aromatic carbocycles. The number of nitrogens with zero attached hydrogens (tertiary/aromatic N) is 1. The van der Waals surface area contributed by atoms with Gasteiger partial charge in [0, 0.05) is 18.3 Å². The number of hydrogen-bond donors (Lipinski definition) is 2. The van der Waals surface area contributed by atoms with E-state index in [4.69, 9.17) is 5.11 Å². The van der Waals surface area contributed by atoms with Gasteiger partial charge in [-0.3, -0.25) is 0 Å². The minimum atomic E-state index is -4.56. The monoisotopic (exact) mass is 290 g/mol. The number of halogens is 3. The molecule has 7 heteroatoms. The van der Waals surface area contributed by atoms with Crippen molar-refractivity contribution in [3.63, 3.8) is 0 Å². The maximum Gasteiger partial charge on any atom is 0.416 e. The summed E-state index contributed by atoms with van der Waals surface area (Å²) in [7, 11) is 3.72. The van der Waals surface area contributed by atoms with Gasteiger partial charge in [0.2, 0.25) is 0 Å². The second-order valence-corrected chi connectivity index (χ2v) is 4.76. The molecule has 20 heavy (non-hydrogen) atoms. The highest BCUT2D eigenvalue weighted by atomic mass is 19.4. The molecule has 0 bridgehead atoms. The number of alkyl halides is 3. The Morgan fingerprint density at radius 3 is 2.45 bits per heavy atom. The molecule has 0 heterocycles. The van der Waals surface area contributed by atoms with E-state index < -0.39 is 17.7 Å². The molecule has 1 aromatic rings. The van der Waals surface area contributed by atoms with E-state index in [1.165, 1.54) is 0 Å². The molecule has 0 aliphatic heterocycles. The molecule has 112 valence electrons. The zero-order valence-electron chi connectivity index (χ0n) is 11.5. The summed E-state index contributed by atoms with van der Waals surface area (Å²) < 4.78 is 37.7. The van der Waals surface area contributed by atoms with Gasteiger partial charge < -0.3 is 15.3 Å². The first-order valence-corrected chi connectivity index (χ1v) is 5.97. The van der Waals surface area contributed by atoms with Crippen LogP contribution in [0.25, 0.3) is 0 Å². The molecule has 4 nitrogen and oxygen atoms in total. The average molecular weight is 290 g/mol. The first-order valence-electron chi connectivity index (χ1n) is 5.97. The second-order valence-electron chi connectivity index (χ2n) is 4.76. The average Bonchev–Trinajstić information content (AvgIpc) is 2.34. The molecule has 2 N–H and O–H groups in total. The van der Waals surface area contributed by atoms with Crippen LogP contribution in [0.4, 0.5) is 18.9 Å². The zero-order valence-corrected chi connectivity index (χ0v) is 11.5. The first-order chi connectivity index (χ1) is 9.12. The van der Waals surface area contributed by atoms with Gasteiger partial charge in [-0.25, -0.2) is 4.79 Å². The van der Waals surface area contributed by atoms with E-state index in [1.807, 2.05) is 25.9 Å². The summed E-state index contributed by atoms with van der Waals surface area (Å²) in [6.45, 7) is 2.34. The standard InChI is InChI=1S/C13H17F3N2O2/c1-8(18(2)3)7-17-11-5-4-9(13(14,15)16)6-10(11)12(19)20/h4-6,8,17H,7H2,1-3H3,(H,19,20). The van der Waals surface area contributed by atoms with Crippen LogP contribution in [0, 0.1) is 0 Å². The van der Waals surface area contributed by atoms with Crippen molar-refractivity contribution in [3.8, 4) is 0 Å². The molecule has 1 unspecified atom stereocenters. The minimum absolute atomic E-state index is 0.110. The Kier molecular flexibility index (Phi) is 4.99. The van der Waals surface area contributed by atoms with Crippen LogP contribution in [0.5, 0.6) is 0 Å². The van der Waals surface area contributed by atoms with Crippen LogP contribution < -0.4 is 5.32 Å². The van der Waals surface area contributed by atoms with Crippen LogP contribution >= 0.6 is 0 Å². The molecule has 0 saturated carbocycles. The van der Waals surface area contributed by atoms with E-state index in [0.717, 1.165) is 12.1 Å². The van der Waals surface area contributed by atoms with E-state index >= 15 is 0 Å². The Balaban J connectivity index is 3.00. The van der Waals surface area contributed by atoms with Gasteiger partial charge in [-0.2, -0.15) is 13.2 Å². The van der Waals surface area contributed by atoms with Gasteiger partial charge in [-0.1, -0.05) is 0 Å². The lowest BCUT2D eigenvalue weighted by Gasteiger charge is -2.21. The Labute approximate surface area is 115 Å². The number of hydrogen-bond acceptors (Lipinski definition) is 3. The highest BCUT2D eigenvalue weighted by molar-refractivity contribution is 5.94. The summed E-state index contributed by atoms with van der Waals surface area (Å²) in [5.74, 6) is -1.39. The fourth-order valence-corrected chi connectivity index (χ4v) is 1.49. The van der Waals surface area contributed by atoms with Crippen molar-refractivity contribution < 1.29 is 23.1 Å². The second kappa shape index (κ2) is 6.13. The molecule has 0 saturated heterocycles. The fourth-order valence-electron chi connectivity index (χ4n) is 1.49. The quantitative estimate of drug-likeness (QED) is 0.875. The van der Waals surface area contributed by atoms with Crippen LogP contribution in [-0.4, -0.2) is 42.7 Å². The lowest BCUT2D eigenvalue weighted by atomic mass is 10.1. The fraction of sp³-hybridized carbons (Fsp3) is 0.462. The number of anilines is 1. The third-order valence-electron chi connectivity index (χ3n) is 3.05. The summed E-state index contributed by atoms with van der Waals surface area (Å²) in [6.07, 6.45) is -4.56. The smallest absolute Gasteiger partial charge is 0.416 e. The molecule has 0 fully saturated rings. The van der Waals surface area contributed by atoms with Crippen molar-refractivity contribution in [1.82, 2.24) is 4.90 Å². The van der Waals surface area contributed by atoms with E-state index in [9.17, 15) is 18.0 Å². The third-order valence-corrected chi connectivity index (χ3v) is 3.05. The SMILES string of the molecule is CC(CNc1ccc(C(F)(F)F)cc1C(=O)O)N(C)C. The molecule has 1 atom stereocenters. The zero-order chi connectivity index (χ0) is 15.5. The molecular weight excluding hydrogens is 273 g/mol. The summed E-state index contributed by atoms with van der Waals surface area (Å²) in [5, 5.41) is 11.9. The van der Waals surface area contributed by atoms with E-state index in [0.29, 0.717) is 12.6 Å². The maximum absolute atomic E-state index is 12.6. The van der Waals surface area contributed by atoms with Crippen molar-refractivity contribution in [2.75, 3.05) is 26.0 Å². The number of nitrogens with one attached hydrogen (secondary N) is 1. The number of rotatable bonds is 5. The highest BCUT2D eigenvalue weighted by Crippen LogP contribution is 2.31. The van der Waals surface area contributed by atoms with E-state index in [-0.39, 0.29) is 17.3 Å². The van der Waals surface area contributed by atoms with Gasteiger partial charge in [0.05, 0.1) is 11.1 Å². The highest BCUT2D eigenvalue weighted by Gasteiger charge is 2.31. The summed E-state index contributed by atoms with van der Waals surface area (Å²) in [5.41, 5.74) is -1.17. The minimum Gasteiger partial charge on any atom is -0.478 e. The van der Waals surface area contributed by atoms with Gasteiger partial charge in [0.1, 0.15) is 0 Å². The normalized spacial score (nSPS) is 13.3. The Morgan fingerprint density at radius 1 is 1.40 bits per heavy atom. The Morgan fingerprint density at radius 2 is 2.00 bits per heavy atom. The van der Waals surface area contributed by atoms with Crippen LogP contribution in [0.2, 0.25) is 0 Å². The Bertz CT molecular complexity index is 487. The largest absolute Gasteiger partial charge is 0.478 e. The molecule has 0 amide bonds. The van der Waals surface area contributed by atoms with Gasteiger partial charge in [0.25, 0.3) is 0 Å². The van der Waals surface area contributed by atoms with E-state index in [1.54, 1.807) is 0 Å². The van der Waals surface area contributed by atoms with Crippen molar-refractivity contribution >= 4 is 11.7 Å². The van der Waals surface area contributed by atoms with Crippen LogP contribution in [-0.2, 0) is 6.18 Å². The van der Waals surface area contributed by atoms with Gasteiger partial charge in [-0.15, -0.1) is 0 Å². The van der Waals surface area contributed by atoms with Crippen LogP contribution in [0.1, 0.15) is 22.8 Å². The first kappa shape index (κ1) is 16.3. The van der Waals surface area contributed by atoms with Crippen molar-refractivity contribution in [3.05, 3.63) is 29.3 Å². The van der Waals surface area contributed by atoms with Crippen LogP contribution in [0.15, 0.2) is 18.2 Å². The third kappa shape index (κ3) is 4.12. The molecule has 1 rings (SSSR count). The summed E-state index contributed by atoms with van der Waals surface area (Å²) in [6, 6.07) is 2.77. The lowest BCUT2D eigenvalue weighted by molar-refractivity contribution is -0.137. The Hall–Kier alpha value is -1.76. The molecule has 0 spiro atoms. The van der Waals surface area contributed by atoms with Crippen molar-refractivity contribution in [1.29, 1.82) is 0 Å². The molecule has 0 aliphatic rings. The number of carbonyl (C=O) groups is 1. The number of likely N-dealkylation sites (N-methyl/N-ethyl adjacent to an activating group) is 1. The van der Waals surface area contributed by atoms with Gasteiger partial charge >= 0.3 is 12.1 Å². The van der Waals surface area contributed by atoms with Crippen molar-refractivity contribution in [2.24, 2.45) is 0 Å². The van der Waals surface area contributed by atoms with E-state index in [2.05, 4.69) is 5.32 Å². The number of carboxylic acid groups (broad SMARTS) is 1. The number of carboxylic acids is 1. The van der Waals surface area contributed by atoms with Gasteiger partial charge in [0.15, 0.2) is 0 Å². The van der Waals surface area contributed by atoms with Crippen LogP contribution in [0.3, 0.4) is 0 Å².